The minimum absolute atomic E-state index is 0.332. The number of benzene rings is 1. The number of nitrogens with zero attached hydrogens (tertiary/aromatic N) is 2. The summed E-state index contributed by atoms with van der Waals surface area (Å²) >= 11 is 0. The number of hydrogen-bond acceptors (Lipinski definition) is 6. The van der Waals surface area contributed by atoms with Gasteiger partial charge in [-0.05, 0) is 25.8 Å². The van der Waals surface area contributed by atoms with Crippen molar-refractivity contribution in [1.82, 2.24) is 15.6 Å². The van der Waals surface area contributed by atoms with Gasteiger partial charge in [0.25, 0.3) is 0 Å². The van der Waals surface area contributed by atoms with Crippen molar-refractivity contribution in [1.29, 1.82) is 0 Å². The Balaban J connectivity index is 1.71. The van der Waals surface area contributed by atoms with Crippen LogP contribution in [0.3, 0.4) is 0 Å². The highest BCUT2D eigenvalue weighted by Crippen LogP contribution is 2.27. The molecule has 21 heavy (non-hydrogen) atoms. The highest BCUT2D eigenvalue weighted by molar-refractivity contribution is 5.41. The van der Waals surface area contributed by atoms with E-state index in [0.29, 0.717) is 18.3 Å². The second-order valence-corrected chi connectivity index (χ2v) is 5.21. The lowest BCUT2D eigenvalue weighted by molar-refractivity contribution is 0.267. The van der Waals surface area contributed by atoms with Gasteiger partial charge in [-0.2, -0.15) is 0 Å². The van der Waals surface area contributed by atoms with Crippen LogP contribution >= 0.6 is 0 Å². The summed E-state index contributed by atoms with van der Waals surface area (Å²) in [5.74, 6) is 1.57. The summed E-state index contributed by atoms with van der Waals surface area (Å²) in [5, 5.41) is 11.1. The van der Waals surface area contributed by atoms with Gasteiger partial charge in [0.05, 0.1) is 7.11 Å². The minimum Gasteiger partial charge on any atom is -0.497 e. The van der Waals surface area contributed by atoms with Gasteiger partial charge in [-0.1, -0.05) is 16.4 Å². The maximum atomic E-state index is 5.88. The molecule has 1 fully saturated rings. The average molecular weight is 289 g/mol. The van der Waals surface area contributed by atoms with Gasteiger partial charge in [0.15, 0.2) is 0 Å². The standard InChI is InChI=1S/C15H19N3O3/c1-10-14(18-21-17-10)9-20-15-7-13(19-2)6-3-11(15)8-16-12-4-5-12/h3,6-7,12,16H,4-5,8-9H2,1-2H3. The van der Waals surface area contributed by atoms with E-state index < -0.39 is 0 Å². The molecule has 0 saturated heterocycles. The predicted molar refractivity (Wildman–Crippen MR) is 76.2 cm³/mol. The van der Waals surface area contributed by atoms with Crippen LogP contribution in [-0.2, 0) is 13.2 Å². The Morgan fingerprint density at radius 3 is 2.86 bits per heavy atom. The van der Waals surface area contributed by atoms with Crippen LogP contribution in [0.25, 0.3) is 0 Å². The molecule has 6 heteroatoms. The Hall–Kier alpha value is -2.08. The fourth-order valence-corrected chi connectivity index (χ4v) is 2.01. The molecule has 112 valence electrons. The number of methoxy groups -OCH3 is 1. The van der Waals surface area contributed by atoms with E-state index in [4.69, 9.17) is 9.47 Å². The van der Waals surface area contributed by atoms with Gasteiger partial charge in [-0.25, -0.2) is 4.63 Å². The van der Waals surface area contributed by atoms with E-state index in [9.17, 15) is 0 Å². The number of aryl methyl sites for hydroxylation is 1. The molecule has 1 aromatic heterocycles. The first-order chi connectivity index (χ1) is 10.3. The molecule has 0 aliphatic heterocycles. The van der Waals surface area contributed by atoms with Crippen molar-refractivity contribution >= 4 is 0 Å². The van der Waals surface area contributed by atoms with Crippen LogP contribution in [0.15, 0.2) is 22.8 Å². The Labute approximate surface area is 123 Å². The molecule has 0 radical (unpaired) electrons. The van der Waals surface area contributed by atoms with Gasteiger partial charge < -0.3 is 14.8 Å². The van der Waals surface area contributed by atoms with Crippen molar-refractivity contribution in [2.75, 3.05) is 7.11 Å². The second kappa shape index (κ2) is 6.13. The third kappa shape index (κ3) is 3.52. The van der Waals surface area contributed by atoms with E-state index in [2.05, 4.69) is 20.3 Å². The normalized spacial score (nSPS) is 14.2. The van der Waals surface area contributed by atoms with E-state index in [0.717, 1.165) is 29.3 Å². The van der Waals surface area contributed by atoms with Crippen LogP contribution in [-0.4, -0.2) is 23.5 Å². The highest BCUT2D eigenvalue weighted by Gasteiger charge is 2.21. The molecular weight excluding hydrogens is 270 g/mol. The molecule has 1 saturated carbocycles. The topological polar surface area (TPSA) is 69.4 Å². The summed E-state index contributed by atoms with van der Waals surface area (Å²) in [6.07, 6.45) is 2.52. The highest BCUT2D eigenvalue weighted by atomic mass is 16.6. The number of rotatable bonds is 7. The van der Waals surface area contributed by atoms with Gasteiger partial charge in [-0.15, -0.1) is 0 Å². The van der Waals surface area contributed by atoms with Gasteiger partial charge in [-0.3, -0.25) is 0 Å². The minimum atomic E-state index is 0.332. The Morgan fingerprint density at radius 2 is 2.19 bits per heavy atom. The number of hydrogen-bond donors (Lipinski definition) is 1. The third-order valence-corrected chi connectivity index (χ3v) is 3.54. The third-order valence-electron chi connectivity index (χ3n) is 3.54. The molecule has 0 atom stereocenters. The predicted octanol–water partition coefficient (Wildman–Crippen LogP) is 2.22. The Kier molecular flexibility index (Phi) is 4.06. The molecule has 1 aliphatic rings. The van der Waals surface area contributed by atoms with Gasteiger partial charge in [0.2, 0.25) is 0 Å². The van der Waals surface area contributed by atoms with Crippen LogP contribution in [0.1, 0.15) is 29.8 Å². The maximum Gasteiger partial charge on any atom is 0.145 e. The van der Waals surface area contributed by atoms with Crippen LogP contribution in [0.2, 0.25) is 0 Å². The molecule has 2 aromatic rings. The summed E-state index contributed by atoms with van der Waals surface area (Å²) in [7, 11) is 1.65. The van der Waals surface area contributed by atoms with Crippen LogP contribution < -0.4 is 14.8 Å². The fourth-order valence-electron chi connectivity index (χ4n) is 2.01. The summed E-state index contributed by atoms with van der Waals surface area (Å²) < 4.78 is 15.8. The lowest BCUT2D eigenvalue weighted by Crippen LogP contribution is -2.16. The van der Waals surface area contributed by atoms with Gasteiger partial charge in [0, 0.05) is 24.2 Å². The molecular formula is C15H19N3O3. The van der Waals surface area contributed by atoms with E-state index in [1.165, 1.54) is 12.8 Å². The first kappa shape index (κ1) is 13.9. The van der Waals surface area contributed by atoms with Crippen LogP contribution in [0.4, 0.5) is 0 Å². The molecule has 1 N–H and O–H groups in total. The van der Waals surface area contributed by atoms with Crippen molar-refractivity contribution < 1.29 is 14.1 Å². The molecule has 6 nitrogen and oxygen atoms in total. The zero-order chi connectivity index (χ0) is 14.7. The largest absolute Gasteiger partial charge is 0.497 e. The maximum absolute atomic E-state index is 5.88. The Bertz CT molecular complexity index is 608. The number of ether oxygens (including phenoxy) is 2. The van der Waals surface area contributed by atoms with Crippen LogP contribution in [0, 0.1) is 6.92 Å². The van der Waals surface area contributed by atoms with E-state index in [1.54, 1.807) is 7.11 Å². The zero-order valence-electron chi connectivity index (χ0n) is 12.3. The second-order valence-electron chi connectivity index (χ2n) is 5.21. The molecule has 1 aliphatic carbocycles. The van der Waals surface area contributed by atoms with E-state index in [1.807, 2.05) is 25.1 Å². The van der Waals surface area contributed by atoms with E-state index >= 15 is 0 Å². The summed E-state index contributed by atoms with van der Waals surface area (Å²) in [6, 6.07) is 6.52. The smallest absolute Gasteiger partial charge is 0.145 e. The molecule has 0 amide bonds. The zero-order valence-corrected chi connectivity index (χ0v) is 12.3. The molecule has 0 unspecified atom stereocenters. The SMILES string of the molecule is COc1ccc(CNC2CC2)c(OCc2nonc2C)c1. The molecule has 0 bridgehead atoms. The van der Waals surface area contributed by atoms with Crippen molar-refractivity contribution in [3.8, 4) is 11.5 Å². The van der Waals surface area contributed by atoms with Gasteiger partial charge >= 0.3 is 0 Å². The number of aromatic nitrogens is 2. The summed E-state index contributed by atoms with van der Waals surface area (Å²) in [6.45, 7) is 2.97. The fraction of sp³-hybridized carbons (Fsp3) is 0.467. The van der Waals surface area contributed by atoms with Crippen molar-refractivity contribution in [3.63, 3.8) is 0 Å². The first-order valence-electron chi connectivity index (χ1n) is 7.07. The average Bonchev–Trinajstić information content (AvgIpc) is 3.25. The first-order valence-corrected chi connectivity index (χ1v) is 7.07. The molecule has 1 aromatic carbocycles. The molecule has 0 spiro atoms. The lowest BCUT2D eigenvalue weighted by Gasteiger charge is -2.13. The van der Waals surface area contributed by atoms with Crippen molar-refractivity contribution in [3.05, 3.63) is 35.2 Å². The van der Waals surface area contributed by atoms with Crippen molar-refractivity contribution in [2.45, 2.75) is 39.0 Å². The number of nitrogens with one attached hydrogen (secondary N) is 1. The molecule has 3 rings (SSSR count). The molecule has 1 heterocycles. The van der Waals surface area contributed by atoms with Gasteiger partial charge in [0.1, 0.15) is 29.5 Å². The Morgan fingerprint density at radius 1 is 1.33 bits per heavy atom. The lowest BCUT2D eigenvalue weighted by atomic mass is 10.2. The van der Waals surface area contributed by atoms with Crippen molar-refractivity contribution in [2.24, 2.45) is 0 Å². The quantitative estimate of drug-likeness (QED) is 0.843. The summed E-state index contributed by atoms with van der Waals surface area (Å²) in [5.41, 5.74) is 2.56. The monoisotopic (exact) mass is 289 g/mol. The van der Waals surface area contributed by atoms with Crippen LogP contribution in [0.5, 0.6) is 11.5 Å². The van der Waals surface area contributed by atoms with E-state index in [-0.39, 0.29) is 0 Å². The summed E-state index contributed by atoms with van der Waals surface area (Å²) in [4.78, 5) is 0.